The molecule has 0 fully saturated rings. The number of pyridine rings is 1. The fourth-order valence-electron chi connectivity index (χ4n) is 1.39. The number of thiophene rings is 1. The van der Waals surface area contributed by atoms with Crippen LogP contribution in [0.15, 0.2) is 42.0 Å². The number of nitrogens with one attached hydrogen (secondary N) is 1. The van der Waals surface area contributed by atoms with E-state index < -0.39 is 0 Å². The van der Waals surface area contributed by atoms with Gasteiger partial charge in [0.25, 0.3) is 5.91 Å². The molecule has 1 amide bonds. The highest BCUT2D eigenvalue weighted by molar-refractivity contribution is 7.12. The van der Waals surface area contributed by atoms with Gasteiger partial charge in [-0.1, -0.05) is 12.1 Å². The van der Waals surface area contributed by atoms with Crippen LogP contribution in [0.25, 0.3) is 0 Å². The average molecular weight is 232 g/mol. The number of nitrogens with zero attached hydrogens (tertiary/aromatic N) is 1. The van der Waals surface area contributed by atoms with Crippen molar-refractivity contribution < 1.29 is 4.79 Å². The van der Waals surface area contributed by atoms with Gasteiger partial charge in [0.05, 0.1) is 10.9 Å². The molecule has 0 aromatic carbocycles. The molecular formula is C12H12N2OS. The zero-order valence-corrected chi connectivity index (χ0v) is 9.70. The minimum Gasteiger partial charge on any atom is -0.345 e. The molecule has 0 saturated carbocycles. The van der Waals surface area contributed by atoms with E-state index in [0.717, 1.165) is 10.4 Å². The summed E-state index contributed by atoms with van der Waals surface area (Å²) in [4.78, 5) is 16.5. The Kier molecular flexibility index (Phi) is 3.31. The summed E-state index contributed by atoms with van der Waals surface area (Å²) >= 11 is 1.44. The van der Waals surface area contributed by atoms with E-state index in [1.54, 1.807) is 12.4 Å². The first kappa shape index (κ1) is 10.8. The maximum Gasteiger partial charge on any atom is 0.261 e. The number of aromatic nitrogens is 1. The second-order valence-electron chi connectivity index (χ2n) is 3.46. The van der Waals surface area contributed by atoms with Crippen molar-refractivity contribution in [2.45, 2.75) is 13.0 Å². The molecule has 2 rings (SSSR count). The number of hydrogen-bond acceptors (Lipinski definition) is 3. The van der Waals surface area contributed by atoms with E-state index in [-0.39, 0.29) is 11.9 Å². The van der Waals surface area contributed by atoms with Crippen molar-refractivity contribution in [2.75, 3.05) is 0 Å². The molecule has 0 aliphatic carbocycles. The summed E-state index contributed by atoms with van der Waals surface area (Å²) < 4.78 is 0. The molecule has 3 nitrogen and oxygen atoms in total. The number of rotatable bonds is 3. The molecule has 2 aromatic rings. The summed E-state index contributed by atoms with van der Waals surface area (Å²) in [6.45, 7) is 1.95. The summed E-state index contributed by atoms with van der Waals surface area (Å²) in [7, 11) is 0. The zero-order valence-electron chi connectivity index (χ0n) is 8.88. The molecule has 0 saturated heterocycles. The summed E-state index contributed by atoms with van der Waals surface area (Å²) in [6, 6.07) is 7.48. The van der Waals surface area contributed by atoms with Crippen molar-refractivity contribution in [3.8, 4) is 0 Å². The van der Waals surface area contributed by atoms with Crippen LogP contribution < -0.4 is 5.32 Å². The Labute approximate surface area is 98.2 Å². The maximum atomic E-state index is 11.8. The molecule has 4 heteroatoms. The van der Waals surface area contributed by atoms with Crippen LogP contribution in [0.1, 0.15) is 28.2 Å². The van der Waals surface area contributed by atoms with Crippen LogP contribution in [-0.4, -0.2) is 10.9 Å². The third-order valence-corrected chi connectivity index (χ3v) is 3.15. The minimum absolute atomic E-state index is 0.0247. The van der Waals surface area contributed by atoms with Crippen molar-refractivity contribution >= 4 is 17.2 Å². The minimum atomic E-state index is -0.0358. The topological polar surface area (TPSA) is 42.0 Å². The highest BCUT2D eigenvalue weighted by Crippen LogP contribution is 2.13. The molecule has 0 radical (unpaired) electrons. The lowest BCUT2D eigenvalue weighted by atomic mass is 10.1. The second-order valence-corrected chi connectivity index (χ2v) is 4.41. The first-order valence-corrected chi connectivity index (χ1v) is 5.89. The molecule has 82 valence electrons. The second kappa shape index (κ2) is 4.90. The number of carbonyl (C=O) groups excluding carboxylic acids is 1. The first-order chi connectivity index (χ1) is 7.77. The average Bonchev–Trinajstić information content (AvgIpc) is 2.83. The molecule has 0 bridgehead atoms. The molecular weight excluding hydrogens is 220 g/mol. The first-order valence-electron chi connectivity index (χ1n) is 5.01. The molecule has 2 heterocycles. The maximum absolute atomic E-state index is 11.8. The van der Waals surface area contributed by atoms with Gasteiger partial charge in [0.1, 0.15) is 0 Å². The van der Waals surface area contributed by atoms with Crippen LogP contribution >= 0.6 is 11.3 Å². The van der Waals surface area contributed by atoms with E-state index in [0.29, 0.717) is 0 Å². The van der Waals surface area contributed by atoms with Crippen molar-refractivity contribution in [1.29, 1.82) is 0 Å². The quantitative estimate of drug-likeness (QED) is 0.884. The van der Waals surface area contributed by atoms with Crippen LogP contribution in [-0.2, 0) is 0 Å². The Morgan fingerprint density at radius 2 is 2.31 bits per heavy atom. The van der Waals surface area contributed by atoms with Crippen molar-refractivity contribution in [3.63, 3.8) is 0 Å². The lowest BCUT2D eigenvalue weighted by Crippen LogP contribution is -2.25. The summed E-state index contributed by atoms with van der Waals surface area (Å²) in [5, 5.41) is 4.82. The van der Waals surface area contributed by atoms with Crippen LogP contribution in [0, 0.1) is 0 Å². The van der Waals surface area contributed by atoms with Crippen LogP contribution in [0.5, 0.6) is 0 Å². The molecule has 2 aromatic heterocycles. The molecule has 0 aliphatic rings. The molecule has 1 atom stereocenters. The van der Waals surface area contributed by atoms with Crippen molar-refractivity contribution in [3.05, 3.63) is 52.5 Å². The molecule has 0 spiro atoms. The van der Waals surface area contributed by atoms with Gasteiger partial charge in [-0.25, -0.2) is 0 Å². The number of amides is 1. The van der Waals surface area contributed by atoms with E-state index in [1.165, 1.54) is 11.3 Å². The number of carbonyl (C=O) groups is 1. The van der Waals surface area contributed by atoms with E-state index in [9.17, 15) is 4.79 Å². The smallest absolute Gasteiger partial charge is 0.261 e. The van der Waals surface area contributed by atoms with Crippen molar-refractivity contribution in [2.24, 2.45) is 0 Å². The van der Waals surface area contributed by atoms with Gasteiger partial charge >= 0.3 is 0 Å². The highest BCUT2D eigenvalue weighted by Gasteiger charge is 2.11. The Morgan fingerprint density at radius 1 is 1.44 bits per heavy atom. The fourth-order valence-corrected chi connectivity index (χ4v) is 2.02. The predicted molar refractivity (Wildman–Crippen MR) is 64.4 cm³/mol. The van der Waals surface area contributed by atoms with E-state index in [1.807, 2.05) is 36.6 Å². The van der Waals surface area contributed by atoms with Gasteiger partial charge in [-0.2, -0.15) is 0 Å². The van der Waals surface area contributed by atoms with E-state index in [2.05, 4.69) is 10.3 Å². The van der Waals surface area contributed by atoms with Crippen LogP contribution in [0.2, 0.25) is 0 Å². The Morgan fingerprint density at radius 3 is 2.94 bits per heavy atom. The Bertz CT molecular complexity index is 453. The monoisotopic (exact) mass is 232 g/mol. The van der Waals surface area contributed by atoms with Gasteiger partial charge < -0.3 is 5.32 Å². The van der Waals surface area contributed by atoms with Gasteiger partial charge in [0.2, 0.25) is 0 Å². The SMILES string of the molecule is C[C@@H](NC(=O)c1cccs1)c1cccnc1. The van der Waals surface area contributed by atoms with Crippen molar-refractivity contribution in [1.82, 2.24) is 10.3 Å². The molecule has 16 heavy (non-hydrogen) atoms. The van der Waals surface area contributed by atoms with Gasteiger partial charge in [0, 0.05) is 12.4 Å². The third-order valence-electron chi connectivity index (χ3n) is 2.28. The number of hydrogen-bond donors (Lipinski definition) is 1. The summed E-state index contributed by atoms with van der Waals surface area (Å²) in [6.07, 6.45) is 3.48. The lowest BCUT2D eigenvalue weighted by molar-refractivity contribution is 0.0944. The van der Waals surface area contributed by atoms with Gasteiger partial charge in [0.15, 0.2) is 0 Å². The fraction of sp³-hybridized carbons (Fsp3) is 0.167. The Hall–Kier alpha value is -1.68. The van der Waals surface area contributed by atoms with Gasteiger partial charge in [-0.05, 0) is 30.0 Å². The van der Waals surface area contributed by atoms with Gasteiger partial charge in [-0.15, -0.1) is 11.3 Å². The predicted octanol–water partition coefficient (Wildman–Crippen LogP) is 2.63. The normalized spacial score (nSPS) is 12.1. The molecule has 0 aliphatic heterocycles. The highest BCUT2D eigenvalue weighted by atomic mass is 32.1. The third kappa shape index (κ3) is 2.46. The van der Waals surface area contributed by atoms with E-state index in [4.69, 9.17) is 0 Å². The molecule has 1 N–H and O–H groups in total. The van der Waals surface area contributed by atoms with Crippen LogP contribution in [0.3, 0.4) is 0 Å². The summed E-state index contributed by atoms with van der Waals surface area (Å²) in [5.74, 6) is -0.0358. The Balaban J connectivity index is 2.03. The molecule has 0 unspecified atom stereocenters. The van der Waals surface area contributed by atoms with E-state index >= 15 is 0 Å². The standard InChI is InChI=1S/C12H12N2OS/c1-9(10-4-2-6-13-8-10)14-12(15)11-5-3-7-16-11/h2-9H,1H3,(H,14,15)/t9-/m1/s1. The van der Waals surface area contributed by atoms with Gasteiger partial charge in [-0.3, -0.25) is 9.78 Å². The summed E-state index contributed by atoms with van der Waals surface area (Å²) in [5.41, 5.74) is 1.01. The van der Waals surface area contributed by atoms with Crippen LogP contribution in [0.4, 0.5) is 0 Å². The largest absolute Gasteiger partial charge is 0.345 e. The lowest BCUT2D eigenvalue weighted by Gasteiger charge is -2.12. The zero-order chi connectivity index (χ0) is 11.4.